The van der Waals surface area contributed by atoms with Crippen molar-refractivity contribution in [2.45, 2.75) is 6.18 Å². The molecule has 11 heteroatoms. The van der Waals surface area contributed by atoms with Crippen LogP contribution >= 0.6 is 46.4 Å². The first-order chi connectivity index (χ1) is 12.5. The number of anilines is 1. The predicted octanol–water partition coefficient (Wildman–Crippen LogP) is 7.11. The third-order valence-electron chi connectivity index (χ3n) is 3.04. The van der Waals surface area contributed by atoms with E-state index in [0.717, 1.165) is 24.3 Å². The molecule has 0 aromatic heterocycles. The molecule has 0 spiro atoms. The summed E-state index contributed by atoms with van der Waals surface area (Å²) >= 11 is 22.0. The maximum Gasteiger partial charge on any atom is 0.416 e. The summed E-state index contributed by atoms with van der Waals surface area (Å²) in [7, 11) is 0. The Bertz CT molecular complexity index is 912. The number of ether oxygens (including phenoxy) is 1. The largest absolute Gasteiger partial charge is 0.456 e. The van der Waals surface area contributed by atoms with E-state index < -0.39 is 33.0 Å². The minimum absolute atomic E-state index is 0.102. The van der Waals surface area contributed by atoms with Crippen molar-refractivity contribution in [1.82, 2.24) is 0 Å². The third kappa shape index (κ3) is 5.65. The molecule has 0 saturated carbocycles. The van der Waals surface area contributed by atoms with Gasteiger partial charge in [-0.05, 0) is 30.3 Å². The number of hydrogen-bond donors (Lipinski definition) is 1. The van der Waals surface area contributed by atoms with Gasteiger partial charge in [0.05, 0.1) is 16.3 Å². The Balaban J connectivity index is 2.24. The van der Waals surface area contributed by atoms with Crippen molar-refractivity contribution in [1.29, 1.82) is 0 Å². The Hall–Kier alpha value is -1.67. The van der Waals surface area contributed by atoms with Gasteiger partial charge in [-0.15, -0.1) is 0 Å². The monoisotopic (exact) mass is 461 g/mol. The molecule has 2 rings (SSSR count). The van der Waals surface area contributed by atoms with Gasteiger partial charge in [0.2, 0.25) is 0 Å². The van der Waals surface area contributed by atoms with E-state index in [1.54, 1.807) is 0 Å². The van der Waals surface area contributed by atoms with Crippen LogP contribution in [0.2, 0.25) is 5.02 Å². The van der Waals surface area contributed by atoms with Crippen LogP contribution in [0.4, 0.5) is 23.2 Å². The number of alkyl halides is 3. The smallest absolute Gasteiger partial charge is 0.416 e. The van der Waals surface area contributed by atoms with E-state index >= 15 is 0 Å². The van der Waals surface area contributed by atoms with Crippen LogP contribution in [-0.4, -0.2) is 5.91 Å². The van der Waals surface area contributed by atoms with Gasteiger partial charge in [-0.1, -0.05) is 46.4 Å². The summed E-state index contributed by atoms with van der Waals surface area (Å²) in [5, 5.41) is 1.47. The second kappa shape index (κ2) is 8.56. The molecule has 0 saturated heterocycles. The van der Waals surface area contributed by atoms with Crippen molar-refractivity contribution in [3.63, 3.8) is 0 Å². The molecule has 2 aromatic carbocycles. The number of halogens is 8. The molecule has 0 aliphatic rings. The van der Waals surface area contributed by atoms with Crippen LogP contribution in [0.25, 0.3) is 0 Å². The number of nitrogens with one attached hydrogen (secondary N) is 1. The summed E-state index contributed by atoms with van der Waals surface area (Å²) in [6, 6.07) is 5.63. The van der Waals surface area contributed by atoms with Crippen LogP contribution in [0.15, 0.2) is 45.9 Å². The van der Waals surface area contributed by atoms with Gasteiger partial charge < -0.3 is 10.1 Å². The second-order valence-corrected chi connectivity index (χ2v) is 6.65. The van der Waals surface area contributed by atoms with Crippen molar-refractivity contribution in [3.05, 3.63) is 62.3 Å². The summed E-state index contributed by atoms with van der Waals surface area (Å²) in [6.45, 7) is 0. The second-order valence-electron chi connectivity index (χ2n) is 4.92. The van der Waals surface area contributed by atoms with Gasteiger partial charge in [-0.25, -0.2) is 4.39 Å². The maximum absolute atomic E-state index is 14.1. The lowest BCUT2D eigenvalue weighted by molar-refractivity contribution is -0.137. The molecule has 0 atom stereocenters. The molecule has 0 fully saturated rings. The molecule has 2 aromatic rings. The molecule has 1 amide bonds. The Morgan fingerprint density at radius 3 is 2.26 bits per heavy atom. The molecule has 144 valence electrons. The van der Waals surface area contributed by atoms with E-state index in [4.69, 9.17) is 51.1 Å². The zero-order valence-electron chi connectivity index (χ0n) is 12.8. The zero-order chi connectivity index (χ0) is 20.4. The van der Waals surface area contributed by atoms with Crippen LogP contribution in [0, 0.1) is 5.82 Å². The van der Waals surface area contributed by atoms with Crippen LogP contribution in [0.3, 0.4) is 0 Å². The molecule has 3 nitrogen and oxygen atoms in total. The molecule has 1 N–H and O–H groups in total. The lowest BCUT2D eigenvalue weighted by atomic mass is 10.2. The number of benzene rings is 2. The maximum atomic E-state index is 14.1. The number of carbonyl (C=O) groups is 1. The van der Waals surface area contributed by atoms with Crippen molar-refractivity contribution in [2.24, 2.45) is 0 Å². The zero-order valence-corrected chi connectivity index (χ0v) is 15.8. The van der Waals surface area contributed by atoms with Crippen LogP contribution in [-0.2, 0) is 11.0 Å². The van der Waals surface area contributed by atoms with Crippen molar-refractivity contribution >= 4 is 58.0 Å². The van der Waals surface area contributed by atoms with E-state index in [1.165, 1.54) is 6.07 Å². The number of hydrogen-bond acceptors (Lipinski definition) is 2. The first kappa shape index (κ1) is 21.6. The van der Waals surface area contributed by atoms with Crippen molar-refractivity contribution in [2.75, 3.05) is 5.32 Å². The number of rotatable bonds is 4. The SMILES string of the molecule is O=C(Nc1ccc(Oc2cc(C(F)(F)F)ccc2Cl)cc1F)C(Cl)=C(Cl)Cl. The van der Waals surface area contributed by atoms with Gasteiger partial charge >= 0.3 is 6.18 Å². The topological polar surface area (TPSA) is 38.3 Å². The molecule has 0 aliphatic heterocycles. The third-order valence-corrected chi connectivity index (χ3v) is 4.28. The van der Waals surface area contributed by atoms with Gasteiger partial charge in [-0.2, -0.15) is 13.2 Å². The molecule has 0 radical (unpaired) electrons. The lowest BCUT2D eigenvalue weighted by Gasteiger charge is -2.12. The summed E-state index contributed by atoms with van der Waals surface area (Å²) in [6.07, 6.45) is -4.60. The summed E-state index contributed by atoms with van der Waals surface area (Å²) in [5.41, 5.74) is -1.26. The van der Waals surface area contributed by atoms with Gasteiger partial charge in [0.1, 0.15) is 26.8 Å². The quantitative estimate of drug-likeness (QED) is 0.388. The van der Waals surface area contributed by atoms with Crippen LogP contribution in [0.5, 0.6) is 11.5 Å². The molecule has 0 unspecified atom stereocenters. The normalized spacial score (nSPS) is 11.1. The summed E-state index contributed by atoms with van der Waals surface area (Å²) < 4.78 is 57.1. The van der Waals surface area contributed by atoms with Gasteiger partial charge in [0, 0.05) is 6.07 Å². The van der Waals surface area contributed by atoms with Gasteiger partial charge in [0.25, 0.3) is 5.91 Å². The fraction of sp³-hybridized carbons (Fsp3) is 0.0625. The Kier molecular flexibility index (Phi) is 6.86. The van der Waals surface area contributed by atoms with E-state index in [0.29, 0.717) is 6.07 Å². The highest BCUT2D eigenvalue weighted by molar-refractivity contribution is 6.63. The Morgan fingerprint density at radius 1 is 1.04 bits per heavy atom. The lowest BCUT2D eigenvalue weighted by Crippen LogP contribution is -2.13. The summed E-state index contributed by atoms with van der Waals surface area (Å²) in [5.74, 6) is -2.37. The first-order valence-electron chi connectivity index (χ1n) is 6.85. The van der Waals surface area contributed by atoms with Crippen molar-refractivity contribution in [3.8, 4) is 11.5 Å². The van der Waals surface area contributed by atoms with Crippen molar-refractivity contribution < 1.29 is 27.1 Å². The molecule has 0 aliphatic carbocycles. The highest BCUT2D eigenvalue weighted by atomic mass is 35.5. The minimum atomic E-state index is -4.60. The van der Waals surface area contributed by atoms with Gasteiger partial charge in [-0.3, -0.25) is 4.79 Å². The van der Waals surface area contributed by atoms with Gasteiger partial charge in [0.15, 0.2) is 0 Å². The van der Waals surface area contributed by atoms with Crippen LogP contribution in [0.1, 0.15) is 5.56 Å². The average Bonchev–Trinajstić information content (AvgIpc) is 2.57. The van der Waals surface area contributed by atoms with E-state index in [9.17, 15) is 22.4 Å². The Labute approximate surface area is 170 Å². The summed E-state index contributed by atoms with van der Waals surface area (Å²) in [4.78, 5) is 11.7. The van der Waals surface area contributed by atoms with E-state index in [2.05, 4.69) is 5.32 Å². The fourth-order valence-corrected chi connectivity index (χ4v) is 2.18. The number of amides is 1. The molecular formula is C16H7Cl4F4NO2. The fourth-order valence-electron chi connectivity index (χ4n) is 1.81. The average molecular weight is 463 g/mol. The number of carbonyl (C=O) groups excluding carboxylic acids is 1. The standard InChI is InChI=1S/C16H7Cl4F4NO2/c17-9-3-1-7(16(22,23)24)5-12(9)27-8-2-4-11(10(21)6-8)25-15(26)13(18)14(19)20/h1-6H,(H,25,26). The predicted molar refractivity (Wildman–Crippen MR) is 96.1 cm³/mol. The molecule has 27 heavy (non-hydrogen) atoms. The van der Waals surface area contributed by atoms with Crippen LogP contribution < -0.4 is 10.1 Å². The highest BCUT2D eigenvalue weighted by Crippen LogP contribution is 2.37. The first-order valence-corrected chi connectivity index (χ1v) is 8.36. The molecule has 0 heterocycles. The molecular weight excluding hydrogens is 456 g/mol. The highest BCUT2D eigenvalue weighted by Gasteiger charge is 2.31. The minimum Gasteiger partial charge on any atom is -0.456 e. The molecule has 0 bridgehead atoms. The van der Waals surface area contributed by atoms with E-state index in [-0.39, 0.29) is 22.2 Å². The Morgan fingerprint density at radius 2 is 1.70 bits per heavy atom. The van der Waals surface area contributed by atoms with E-state index in [1.807, 2.05) is 0 Å².